The number of halogens is 2. The Bertz CT molecular complexity index is 383. The van der Waals surface area contributed by atoms with Crippen LogP contribution >= 0.6 is 26.6 Å². The van der Waals surface area contributed by atoms with Crippen molar-refractivity contribution in [2.24, 2.45) is 0 Å². The lowest BCUT2D eigenvalue weighted by molar-refractivity contribution is 0.609. The molecule has 2 nitrogen and oxygen atoms in total. The summed E-state index contributed by atoms with van der Waals surface area (Å²) in [7, 11) is 1.56. The van der Waals surface area contributed by atoms with Crippen LogP contribution in [0.4, 0.5) is 0 Å². The molecule has 1 rings (SSSR count). The Morgan fingerprint density at radius 1 is 1.31 bits per heavy atom. The Kier molecular flexibility index (Phi) is 3.38. The first kappa shape index (κ1) is 11.0. The summed E-state index contributed by atoms with van der Waals surface area (Å²) in [6, 6.07) is 6.45. The molecule has 1 aromatic carbocycles. The number of hydrogen-bond donors (Lipinski definition) is 0. The van der Waals surface area contributed by atoms with Crippen molar-refractivity contribution in [3.63, 3.8) is 0 Å². The summed E-state index contributed by atoms with van der Waals surface area (Å²) >= 11 is 3.38. The van der Waals surface area contributed by atoms with Gasteiger partial charge in [0.2, 0.25) is 0 Å². The predicted octanol–water partition coefficient (Wildman–Crippen LogP) is 3.07. The van der Waals surface area contributed by atoms with E-state index in [-0.39, 0.29) is 9.72 Å². The molecule has 0 saturated heterocycles. The van der Waals surface area contributed by atoms with Crippen molar-refractivity contribution < 1.29 is 8.42 Å². The van der Waals surface area contributed by atoms with Crippen LogP contribution in [0.2, 0.25) is 0 Å². The Hall–Kier alpha value is -0.0600. The first-order chi connectivity index (χ1) is 5.91. The SMILES string of the molecule is CC(Br)c1ccc(S(=O)(=O)Cl)cc1. The average Bonchev–Trinajstić information content (AvgIpc) is 2.03. The van der Waals surface area contributed by atoms with E-state index in [4.69, 9.17) is 10.7 Å². The van der Waals surface area contributed by atoms with Gasteiger partial charge in [-0.05, 0) is 24.6 Å². The summed E-state index contributed by atoms with van der Waals surface area (Å²) in [5.41, 5.74) is 1.02. The quantitative estimate of drug-likeness (QED) is 0.617. The zero-order valence-corrected chi connectivity index (χ0v) is 10.0. The molecule has 1 aromatic rings. The molecule has 1 atom stereocenters. The van der Waals surface area contributed by atoms with Gasteiger partial charge in [0.25, 0.3) is 9.05 Å². The fraction of sp³-hybridized carbons (Fsp3) is 0.250. The van der Waals surface area contributed by atoms with E-state index in [0.29, 0.717) is 0 Å². The Labute approximate surface area is 90.5 Å². The average molecular weight is 284 g/mol. The molecule has 1 unspecified atom stereocenters. The van der Waals surface area contributed by atoms with Gasteiger partial charge in [-0.25, -0.2) is 8.42 Å². The smallest absolute Gasteiger partial charge is 0.207 e. The van der Waals surface area contributed by atoms with Gasteiger partial charge < -0.3 is 0 Å². The number of rotatable bonds is 2. The molecule has 0 radical (unpaired) electrons. The van der Waals surface area contributed by atoms with E-state index >= 15 is 0 Å². The van der Waals surface area contributed by atoms with E-state index in [0.717, 1.165) is 5.56 Å². The first-order valence-corrected chi connectivity index (χ1v) is 6.82. The van der Waals surface area contributed by atoms with E-state index in [2.05, 4.69) is 15.9 Å². The molecule has 0 aliphatic heterocycles. The highest BCUT2D eigenvalue weighted by atomic mass is 79.9. The lowest BCUT2D eigenvalue weighted by atomic mass is 10.2. The fourth-order valence-electron chi connectivity index (χ4n) is 0.896. The molecule has 0 bridgehead atoms. The third-order valence-electron chi connectivity index (χ3n) is 1.62. The predicted molar refractivity (Wildman–Crippen MR) is 56.8 cm³/mol. The molecule has 0 N–H and O–H groups in total. The van der Waals surface area contributed by atoms with Crippen molar-refractivity contribution in [3.05, 3.63) is 29.8 Å². The van der Waals surface area contributed by atoms with Crippen LogP contribution in [0.3, 0.4) is 0 Å². The van der Waals surface area contributed by atoms with Gasteiger partial charge in [-0.15, -0.1) is 0 Å². The van der Waals surface area contributed by atoms with E-state index in [1.165, 1.54) is 12.1 Å². The highest BCUT2D eigenvalue weighted by Crippen LogP contribution is 2.23. The summed E-state index contributed by atoms with van der Waals surface area (Å²) in [6.45, 7) is 1.96. The van der Waals surface area contributed by atoms with Crippen molar-refractivity contribution in [3.8, 4) is 0 Å². The topological polar surface area (TPSA) is 34.1 Å². The molecule has 0 spiro atoms. The summed E-state index contributed by atoms with van der Waals surface area (Å²) in [5, 5.41) is 0. The van der Waals surface area contributed by atoms with Crippen LogP contribution in [-0.4, -0.2) is 8.42 Å². The molecule has 0 aromatic heterocycles. The number of alkyl halides is 1. The minimum Gasteiger partial charge on any atom is -0.207 e. The van der Waals surface area contributed by atoms with Crippen LogP contribution in [-0.2, 0) is 9.05 Å². The Balaban J connectivity index is 3.08. The minimum atomic E-state index is -3.59. The molecular weight excluding hydrogens is 276 g/mol. The molecule has 0 fully saturated rings. The van der Waals surface area contributed by atoms with E-state index < -0.39 is 9.05 Å². The highest BCUT2D eigenvalue weighted by molar-refractivity contribution is 9.09. The third kappa shape index (κ3) is 2.97. The maximum absolute atomic E-state index is 10.9. The zero-order valence-electron chi connectivity index (χ0n) is 6.87. The molecular formula is C8H8BrClO2S. The maximum Gasteiger partial charge on any atom is 0.261 e. The summed E-state index contributed by atoms with van der Waals surface area (Å²) in [6.07, 6.45) is 0. The number of benzene rings is 1. The van der Waals surface area contributed by atoms with Crippen LogP contribution in [0.5, 0.6) is 0 Å². The molecule has 72 valence electrons. The van der Waals surface area contributed by atoms with Crippen molar-refractivity contribution in [2.75, 3.05) is 0 Å². The van der Waals surface area contributed by atoms with Crippen molar-refractivity contribution in [1.82, 2.24) is 0 Å². The van der Waals surface area contributed by atoms with E-state index in [1.54, 1.807) is 12.1 Å². The van der Waals surface area contributed by atoms with Crippen LogP contribution in [0, 0.1) is 0 Å². The zero-order chi connectivity index (χ0) is 10.1. The van der Waals surface area contributed by atoms with Gasteiger partial charge in [-0.1, -0.05) is 28.1 Å². The van der Waals surface area contributed by atoms with Gasteiger partial charge in [-0.3, -0.25) is 0 Å². The molecule has 0 saturated carbocycles. The van der Waals surface area contributed by atoms with Crippen LogP contribution in [0.25, 0.3) is 0 Å². The maximum atomic E-state index is 10.9. The largest absolute Gasteiger partial charge is 0.261 e. The Morgan fingerprint density at radius 3 is 2.08 bits per heavy atom. The summed E-state index contributed by atoms with van der Waals surface area (Å²) in [4.78, 5) is 0.339. The summed E-state index contributed by atoms with van der Waals surface area (Å²) in [5.74, 6) is 0. The first-order valence-electron chi connectivity index (χ1n) is 3.60. The van der Waals surface area contributed by atoms with Crippen LogP contribution < -0.4 is 0 Å². The van der Waals surface area contributed by atoms with Gasteiger partial charge >= 0.3 is 0 Å². The molecule has 5 heteroatoms. The third-order valence-corrected chi connectivity index (χ3v) is 3.52. The van der Waals surface area contributed by atoms with Crippen LogP contribution in [0.15, 0.2) is 29.2 Å². The van der Waals surface area contributed by atoms with Crippen molar-refractivity contribution >= 4 is 35.7 Å². The second kappa shape index (κ2) is 3.98. The number of hydrogen-bond acceptors (Lipinski definition) is 2. The Morgan fingerprint density at radius 2 is 1.77 bits per heavy atom. The molecule has 0 amide bonds. The highest BCUT2D eigenvalue weighted by Gasteiger charge is 2.09. The van der Waals surface area contributed by atoms with E-state index in [9.17, 15) is 8.42 Å². The standard InChI is InChI=1S/C8H8BrClO2S/c1-6(9)7-2-4-8(5-3-7)13(10,11)12/h2-6H,1H3. The lowest BCUT2D eigenvalue weighted by Gasteiger charge is -2.03. The summed E-state index contributed by atoms with van der Waals surface area (Å²) < 4.78 is 21.7. The van der Waals surface area contributed by atoms with Gasteiger partial charge in [0.05, 0.1) is 4.90 Å². The molecule has 0 aliphatic carbocycles. The molecule has 0 aliphatic rings. The second-order valence-electron chi connectivity index (χ2n) is 2.62. The van der Waals surface area contributed by atoms with Gasteiger partial charge in [0, 0.05) is 15.5 Å². The van der Waals surface area contributed by atoms with Crippen molar-refractivity contribution in [1.29, 1.82) is 0 Å². The molecule has 0 heterocycles. The van der Waals surface area contributed by atoms with Crippen LogP contribution in [0.1, 0.15) is 17.3 Å². The van der Waals surface area contributed by atoms with Gasteiger partial charge in [-0.2, -0.15) is 0 Å². The van der Waals surface area contributed by atoms with Gasteiger partial charge in [0.15, 0.2) is 0 Å². The van der Waals surface area contributed by atoms with Crippen molar-refractivity contribution in [2.45, 2.75) is 16.6 Å². The fourth-order valence-corrected chi connectivity index (χ4v) is 1.97. The normalized spacial score (nSPS) is 14.1. The van der Waals surface area contributed by atoms with Gasteiger partial charge in [0.1, 0.15) is 0 Å². The second-order valence-corrected chi connectivity index (χ2v) is 6.56. The monoisotopic (exact) mass is 282 g/mol. The lowest BCUT2D eigenvalue weighted by Crippen LogP contribution is -1.91. The van der Waals surface area contributed by atoms with E-state index in [1.807, 2.05) is 6.92 Å². The molecule has 13 heavy (non-hydrogen) atoms. The minimum absolute atomic E-state index is 0.131.